The van der Waals surface area contributed by atoms with E-state index >= 15 is 0 Å². The summed E-state index contributed by atoms with van der Waals surface area (Å²) in [5, 5.41) is 13.8. The minimum Gasteiger partial charge on any atom is -0.449 e. The van der Waals surface area contributed by atoms with Crippen LogP contribution in [0.3, 0.4) is 0 Å². The normalized spacial score (nSPS) is 24.0. The highest BCUT2D eigenvalue weighted by atomic mass is 16.6. The van der Waals surface area contributed by atoms with Crippen molar-refractivity contribution < 1.29 is 14.5 Å². The monoisotopic (exact) mass is 320 g/mol. The summed E-state index contributed by atoms with van der Waals surface area (Å²) < 4.78 is 5.17. The van der Waals surface area contributed by atoms with Gasteiger partial charge in [-0.3, -0.25) is 10.1 Å². The zero-order chi connectivity index (χ0) is 16.8. The lowest BCUT2D eigenvalue weighted by Crippen LogP contribution is -2.40. The Morgan fingerprint density at radius 2 is 2.04 bits per heavy atom. The summed E-state index contributed by atoms with van der Waals surface area (Å²) >= 11 is 0. The molecule has 0 spiro atoms. The Morgan fingerprint density at radius 1 is 1.30 bits per heavy atom. The SMILES string of the molecule is CC1CCC(NC(=O)OCCc2ccccc2[N+](=O)[O-])CC1C. The first kappa shape index (κ1) is 17.2. The molecule has 1 saturated carbocycles. The number of carbonyl (C=O) groups excluding carboxylic acids is 1. The highest BCUT2D eigenvalue weighted by Gasteiger charge is 2.25. The maximum Gasteiger partial charge on any atom is 0.407 e. The molecule has 6 heteroatoms. The zero-order valence-electron chi connectivity index (χ0n) is 13.7. The maximum atomic E-state index is 11.8. The molecule has 3 atom stereocenters. The molecule has 126 valence electrons. The fourth-order valence-electron chi connectivity index (χ4n) is 3.04. The Kier molecular flexibility index (Phi) is 5.96. The Balaban J connectivity index is 1.76. The summed E-state index contributed by atoms with van der Waals surface area (Å²) in [6, 6.07) is 6.68. The van der Waals surface area contributed by atoms with Crippen LogP contribution < -0.4 is 5.32 Å². The minimum absolute atomic E-state index is 0.0617. The van der Waals surface area contributed by atoms with Crippen molar-refractivity contribution in [3.8, 4) is 0 Å². The molecule has 1 aromatic rings. The first-order valence-corrected chi connectivity index (χ1v) is 8.13. The van der Waals surface area contributed by atoms with Crippen LogP contribution in [0.25, 0.3) is 0 Å². The summed E-state index contributed by atoms with van der Waals surface area (Å²) in [5.41, 5.74) is 0.636. The van der Waals surface area contributed by atoms with Gasteiger partial charge in [-0.05, 0) is 31.1 Å². The van der Waals surface area contributed by atoms with Gasteiger partial charge in [0.05, 0.1) is 11.5 Å². The van der Waals surface area contributed by atoms with Gasteiger partial charge in [-0.15, -0.1) is 0 Å². The number of hydrogen-bond acceptors (Lipinski definition) is 4. The van der Waals surface area contributed by atoms with Crippen molar-refractivity contribution in [3.63, 3.8) is 0 Å². The van der Waals surface area contributed by atoms with Crippen molar-refractivity contribution in [1.82, 2.24) is 5.32 Å². The molecule has 1 N–H and O–H groups in total. The molecule has 0 bridgehead atoms. The van der Waals surface area contributed by atoms with Gasteiger partial charge in [0.25, 0.3) is 5.69 Å². The molecular weight excluding hydrogens is 296 g/mol. The predicted octanol–water partition coefficient (Wildman–Crippen LogP) is 3.69. The maximum absolute atomic E-state index is 11.8. The minimum atomic E-state index is -0.435. The Bertz CT molecular complexity index is 561. The fraction of sp³-hybridized carbons (Fsp3) is 0.588. The molecule has 0 saturated heterocycles. The standard InChI is InChI=1S/C17H24N2O4/c1-12-7-8-15(11-13(12)2)18-17(20)23-10-9-14-5-3-4-6-16(14)19(21)22/h3-6,12-13,15H,7-11H2,1-2H3,(H,18,20). The van der Waals surface area contributed by atoms with Gasteiger partial charge < -0.3 is 10.1 Å². The quantitative estimate of drug-likeness (QED) is 0.662. The van der Waals surface area contributed by atoms with E-state index in [1.165, 1.54) is 6.07 Å². The molecule has 1 fully saturated rings. The van der Waals surface area contributed by atoms with E-state index < -0.39 is 11.0 Å². The number of hydrogen-bond donors (Lipinski definition) is 1. The van der Waals surface area contributed by atoms with Crippen LogP contribution in [0.2, 0.25) is 0 Å². The molecule has 0 radical (unpaired) electrons. The van der Waals surface area contributed by atoms with E-state index in [2.05, 4.69) is 19.2 Å². The number of nitro groups is 1. The van der Waals surface area contributed by atoms with Crippen LogP contribution in [-0.2, 0) is 11.2 Å². The third-order valence-corrected chi connectivity index (χ3v) is 4.71. The highest BCUT2D eigenvalue weighted by molar-refractivity contribution is 5.67. The highest BCUT2D eigenvalue weighted by Crippen LogP contribution is 2.29. The number of carbonyl (C=O) groups is 1. The van der Waals surface area contributed by atoms with E-state index in [0.717, 1.165) is 19.3 Å². The molecule has 1 aliphatic rings. The number of para-hydroxylation sites is 1. The topological polar surface area (TPSA) is 81.5 Å². The third kappa shape index (κ3) is 4.94. The first-order valence-electron chi connectivity index (χ1n) is 8.13. The van der Waals surface area contributed by atoms with E-state index in [1.54, 1.807) is 18.2 Å². The summed E-state index contributed by atoms with van der Waals surface area (Å²) in [4.78, 5) is 22.3. The summed E-state index contributed by atoms with van der Waals surface area (Å²) in [6.07, 6.45) is 2.96. The molecule has 3 unspecified atom stereocenters. The smallest absolute Gasteiger partial charge is 0.407 e. The lowest BCUT2D eigenvalue weighted by atomic mass is 9.79. The van der Waals surface area contributed by atoms with Crippen molar-refractivity contribution in [1.29, 1.82) is 0 Å². The summed E-state index contributed by atoms with van der Waals surface area (Å²) in [7, 11) is 0. The number of alkyl carbamates (subject to hydrolysis) is 1. The lowest BCUT2D eigenvalue weighted by Gasteiger charge is -2.32. The first-order chi connectivity index (χ1) is 11.0. The molecule has 1 aliphatic carbocycles. The molecule has 1 amide bonds. The van der Waals surface area contributed by atoms with Gasteiger partial charge in [0.2, 0.25) is 0 Å². The van der Waals surface area contributed by atoms with Gasteiger partial charge in [0.15, 0.2) is 0 Å². The second-order valence-corrected chi connectivity index (χ2v) is 6.38. The van der Waals surface area contributed by atoms with Crippen LogP contribution in [0, 0.1) is 22.0 Å². The molecular formula is C17H24N2O4. The van der Waals surface area contributed by atoms with E-state index in [9.17, 15) is 14.9 Å². The van der Waals surface area contributed by atoms with Gasteiger partial charge in [-0.1, -0.05) is 32.0 Å². The second-order valence-electron chi connectivity index (χ2n) is 6.38. The van der Waals surface area contributed by atoms with Crippen LogP contribution in [-0.4, -0.2) is 23.7 Å². The Hall–Kier alpha value is -2.11. The van der Waals surface area contributed by atoms with Crippen molar-refractivity contribution in [2.75, 3.05) is 6.61 Å². The lowest BCUT2D eigenvalue weighted by molar-refractivity contribution is -0.385. The van der Waals surface area contributed by atoms with Crippen LogP contribution in [0.1, 0.15) is 38.7 Å². The molecule has 1 aromatic carbocycles. The van der Waals surface area contributed by atoms with Gasteiger partial charge in [0.1, 0.15) is 0 Å². The summed E-state index contributed by atoms with van der Waals surface area (Å²) in [5.74, 6) is 1.30. The average molecular weight is 320 g/mol. The van der Waals surface area contributed by atoms with Crippen LogP contribution in [0.15, 0.2) is 24.3 Å². The number of rotatable bonds is 5. The fourth-order valence-corrected chi connectivity index (χ4v) is 3.04. The van der Waals surface area contributed by atoms with E-state index in [0.29, 0.717) is 23.8 Å². The van der Waals surface area contributed by atoms with Gasteiger partial charge in [0, 0.05) is 24.1 Å². The van der Waals surface area contributed by atoms with E-state index in [-0.39, 0.29) is 18.3 Å². The molecule has 2 rings (SSSR count). The molecule has 0 aliphatic heterocycles. The largest absolute Gasteiger partial charge is 0.449 e. The number of nitrogens with zero attached hydrogens (tertiary/aromatic N) is 1. The van der Waals surface area contributed by atoms with Crippen LogP contribution in [0.5, 0.6) is 0 Å². The van der Waals surface area contributed by atoms with Crippen LogP contribution >= 0.6 is 0 Å². The number of nitro benzene ring substituents is 1. The Labute approximate surface area is 136 Å². The second kappa shape index (κ2) is 7.94. The number of amides is 1. The number of ether oxygens (including phenoxy) is 1. The zero-order valence-corrected chi connectivity index (χ0v) is 13.7. The Morgan fingerprint density at radius 3 is 2.74 bits per heavy atom. The predicted molar refractivity (Wildman–Crippen MR) is 87.3 cm³/mol. The van der Waals surface area contributed by atoms with E-state index in [1.807, 2.05) is 0 Å². The average Bonchev–Trinajstić information content (AvgIpc) is 2.51. The number of benzene rings is 1. The molecule has 6 nitrogen and oxygen atoms in total. The third-order valence-electron chi connectivity index (χ3n) is 4.71. The van der Waals surface area contributed by atoms with Crippen molar-refractivity contribution in [2.24, 2.45) is 11.8 Å². The molecule has 23 heavy (non-hydrogen) atoms. The van der Waals surface area contributed by atoms with Gasteiger partial charge in [-0.2, -0.15) is 0 Å². The van der Waals surface area contributed by atoms with Crippen LogP contribution in [0.4, 0.5) is 10.5 Å². The summed E-state index contributed by atoms with van der Waals surface area (Å²) in [6.45, 7) is 4.58. The van der Waals surface area contributed by atoms with Crippen molar-refractivity contribution >= 4 is 11.8 Å². The van der Waals surface area contributed by atoms with Gasteiger partial charge in [-0.25, -0.2) is 4.79 Å². The van der Waals surface area contributed by atoms with E-state index in [4.69, 9.17) is 4.74 Å². The van der Waals surface area contributed by atoms with Crippen molar-refractivity contribution in [3.05, 3.63) is 39.9 Å². The molecule has 0 heterocycles. The number of nitrogens with one attached hydrogen (secondary N) is 1. The molecule has 0 aromatic heterocycles. The van der Waals surface area contributed by atoms with Gasteiger partial charge >= 0.3 is 6.09 Å². The van der Waals surface area contributed by atoms with Crippen molar-refractivity contribution in [2.45, 2.75) is 45.6 Å².